The summed E-state index contributed by atoms with van der Waals surface area (Å²) >= 11 is 3.77. The van der Waals surface area contributed by atoms with Crippen LogP contribution in [0.2, 0.25) is 0 Å². The van der Waals surface area contributed by atoms with Crippen LogP contribution in [0.5, 0.6) is 0 Å². The Labute approximate surface area is 139 Å². The zero-order chi connectivity index (χ0) is 15.5. The molecule has 0 amide bonds. The van der Waals surface area contributed by atoms with E-state index in [-0.39, 0.29) is 0 Å². The van der Waals surface area contributed by atoms with Crippen LogP contribution in [0.1, 0.15) is 58.4 Å². The molecule has 0 radical (unpaired) electrons. The van der Waals surface area contributed by atoms with Gasteiger partial charge in [-0.15, -0.1) is 0 Å². The maximum atomic E-state index is 3.77. The summed E-state index contributed by atoms with van der Waals surface area (Å²) in [4.78, 5) is 2.53. The fraction of sp³-hybridized carbons (Fsp3) is 0.667. The number of benzene rings is 1. The highest BCUT2D eigenvalue weighted by molar-refractivity contribution is 9.10. The molecule has 2 nitrogen and oxygen atoms in total. The Balaban J connectivity index is 2.73. The first-order chi connectivity index (χ1) is 10.2. The van der Waals surface area contributed by atoms with Gasteiger partial charge in [-0.2, -0.15) is 0 Å². The lowest BCUT2D eigenvalue weighted by molar-refractivity contribution is 0.671. The van der Waals surface area contributed by atoms with Crippen molar-refractivity contribution in [2.24, 2.45) is 0 Å². The molecule has 21 heavy (non-hydrogen) atoms. The van der Waals surface area contributed by atoms with Gasteiger partial charge < -0.3 is 10.2 Å². The summed E-state index contributed by atoms with van der Waals surface area (Å²) in [5.41, 5.74) is 2.70. The van der Waals surface area contributed by atoms with Crippen LogP contribution in [0.3, 0.4) is 0 Å². The van der Waals surface area contributed by atoms with Gasteiger partial charge in [0.05, 0.1) is 5.69 Å². The Morgan fingerprint density at radius 1 is 1.00 bits per heavy atom. The van der Waals surface area contributed by atoms with E-state index in [1.54, 1.807) is 0 Å². The molecular formula is C18H31BrN2. The van der Waals surface area contributed by atoms with E-state index in [1.165, 1.54) is 47.8 Å². The summed E-state index contributed by atoms with van der Waals surface area (Å²) in [7, 11) is 0. The fourth-order valence-corrected chi connectivity index (χ4v) is 3.05. The maximum absolute atomic E-state index is 3.77. The number of unbranched alkanes of at least 4 members (excludes halogenated alkanes) is 2. The van der Waals surface area contributed by atoms with Crippen molar-refractivity contribution in [3.8, 4) is 0 Å². The minimum atomic E-state index is 0.955. The van der Waals surface area contributed by atoms with E-state index in [2.05, 4.69) is 65.1 Å². The van der Waals surface area contributed by atoms with E-state index in [0.29, 0.717) is 0 Å². The number of nitrogens with one attached hydrogen (secondary N) is 1. The number of rotatable bonds is 11. The van der Waals surface area contributed by atoms with Crippen LogP contribution in [0.4, 0.5) is 5.69 Å². The van der Waals surface area contributed by atoms with Gasteiger partial charge in [-0.3, -0.25) is 0 Å². The summed E-state index contributed by atoms with van der Waals surface area (Å²) in [5, 5.41) is 3.46. The smallest absolute Gasteiger partial charge is 0.0510 e. The summed E-state index contributed by atoms with van der Waals surface area (Å²) in [6.45, 7) is 11.1. The second kappa shape index (κ2) is 11.1. The van der Waals surface area contributed by atoms with E-state index in [4.69, 9.17) is 0 Å². The first kappa shape index (κ1) is 18.5. The van der Waals surface area contributed by atoms with Gasteiger partial charge in [0.15, 0.2) is 0 Å². The molecule has 0 unspecified atom stereocenters. The molecule has 120 valence electrons. The molecule has 0 aliphatic rings. The Kier molecular flexibility index (Phi) is 9.77. The van der Waals surface area contributed by atoms with Crippen LogP contribution in [-0.4, -0.2) is 19.6 Å². The van der Waals surface area contributed by atoms with Crippen molar-refractivity contribution in [3.63, 3.8) is 0 Å². The van der Waals surface area contributed by atoms with Crippen molar-refractivity contribution < 1.29 is 0 Å². The van der Waals surface area contributed by atoms with Crippen LogP contribution >= 0.6 is 15.9 Å². The SMILES string of the molecule is CCCCN(CCCC)c1ccc(CNCCC)cc1Br. The molecule has 0 heterocycles. The van der Waals surface area contributed by atoms with Crippen LogP contribution in [-0.2, 0) is 6.54 Å². The van der Waals surface area contributed by atoms with Crippen LogP contribution < -0.4 is 10.2 Å². The van der Waals surface area contributed by atoms with Crippen molar-refractivity contribution in [2.45, 2.75) is 59.4 Å². The number of hydrogen-bond donors (Lipinski definition) is 1. The summed E-state index contributed by atoms with van der Waals surface area (Å²) < 4.78 is 1.23. The Hall–Kier alpha value is -0.540. The lowest BCUT2D eigenvalue weighted by Crippen LogP contribution is -2.26. The molecule has 0 saturated heterocycles. The summed E-state index contributed by atoms with van der Waals surface area (Å²) in [6, 6.07) is 6.80. The lowest BCUT2D eigenvalue weighted by Gasteiger charge is -2.26. The average Bonchev–Trinajstić information content (AvgIpc) is 2.49. The van der Waals surface area contributed by atoms with E-state index in [9.17, 15) is 0 Å². The molecular weight excluding hydrogens is 324 g/mol. The molecule has 0 aromatic heterocycles. The maximum Gasteiger partial charge on any atom is 0.0510 e. The number of halogens is 1. The lowest BCUT2D eigenvalue weighted by atomic mass is 10.1. The van der Waals surface area contributed by atoms with Crippen LogP contribution in [0.25, 0.3) is 0 Å². The molecule has 3 heteroatoms. The fourth-order valence-electron chi connectivity index (χ4n) is 2.38. The second-order valence-electron chi connectivity index (χ2n) is 5.66. The largest absolute Gasteiger partial charge is 0.371 e. The van der Waals surface area contributed by atoms with Gasteiger partial charge in [-0.05, 0) is 59.4 Å². The Morgan fingerprint density at radius 3 is 2.19 bits per heavy atom. The predicted molar refractivity (Wildman–Crippen MR) is 98.2 cm³/mol. The zero-order valence-electron chi connectivity index (χ0n) is 13.9. The van der Waals surface area contributed by atoms with E-state index >= 15 is 0 Å². The molecule has 0 atom stereocenters. The third kappa shape index (κ3) is 6.84. The monoisotopic (exact) mass is 354 g/mol. The predicted octanol–water partition coefficient (Wildman–Crippen LogP) is 5.36. The molecule has 1 aromatic carbocycles. The van der Waals surface area contributed by atoms with E-state index < -0.39 is 0 Å². The number of nitrogens with zero attached hydrogens (tertiary/aromatic N) is 1. The summed E-state index contributed by atoms with van der Waals surface area (Å²) in [5.74, 6) is 0. The normalized spacial score (nSPS) is 10.9. The Morgan fingerprint density at radius 2 is 1.67 bits per heavy atom. The molecule has 0 aliphatic carbocycles. The van der Waals surface area contributed by atoms with E-state index in [1.807, 2.05) is 0 Å². The highest BCUT2D eigenvalue weighted by Gasteiger charge is 2.10. The highest BCUT2D eigenvalue weighted by atomic mass is 79.9. The van der Waals surface area contributed by atoms with Gasteiger partial charge in [0.1, 0.15) is 0 Å². The molecule has 1 aromatic rings. The third-order valence-electron chi connectivity index (χ3n) is 3.67. The van der Waals surface area contributed by atoms with Crippen molar-refractivity contribution in [1.29, 1.82) is 0 Å². The standard InChI is InChI=1S/C18H31BrN2/c1-4-7-12-21(13-8-5-2)18-10-9-16(14-17(18)19)15-20-11-6-3/h9-10,14,20H,4-8,11-13,15H2,1-3H3. The second-order valence-corrected chi connectivity index (χ2v) is 6.51. The summed E-state index contributed by atoms with van der Waals surface area (Å²) in [6.07, 6.45) is 6.20. The Bertz CT molecular complexity index is 385. The minimum absolute atomic E-state index is 0.955. The van der Waals surface area contributed by atoms with Gasteiger partial charge in [0.25, 0.3) is 0 Å². The van der Waals surface area contributed by atoms with Gasteiger partial charge >= 0.3 is 0 Å². The van der Waals surface area contributed by atoms with Gasteiger partial charge in [-0.1, -0.05) is 39.7 Å². The van der Waals surface area contributed by atoms with Gasteiger partial charge in [-0.25, -0.2) is 0 Å². The molecule has 1 N–H and O–H groups in total. The molecule has 0 fully saturated rings. The highest BCUT2D eigenvalue weighted by Crippen LogP contribution is 2.28. The van der Waals surface area contributed by atoms with Crippen molar-refractivity contribution in [2.75, 3.05) is 24.5 Å². The minimum Gasteiger partial charge on any atom is -0.371 e. The van der Waals surface area contributed by atoms with Crippen molar-refractivity contribution >= 4 is 21.6 Å². The van der Waals surface area contributed by atoms with E-state index in [0.717, 1.165) is 26.2 Å². The molecule has 1 rings (SSSR count). The van der Waals surface area contributed by atoms with Crippen LogP contribution in [0, 0.1) is 0 Å². The van der Waals surface area contributed by atoms with Crippen molar-refractivity contribution in [1.82, 2.24) is 5.32 Å². The molecule has 0 bridgehead atoms. The van der Waals surface area contributed by atoms with Gasteiger partial charge in [0, 0.05) is 24.1 Å². The topological polar surface area (TPSA) is 15.3 Å². The number of anilines is 1. The van der Waals surface area contributed by atoms with Crippen molar-refractivity contribution in [3.05, 3.63) is 28.2 Å². The number of hydrogen-bond acceptors (Lipinski definition) is 2. The third-order valence-corrected chi connectivity index (χ3v) is 4.31. The van der Waals surface area contributed by atoms with Crippen LogP contribution in [0.15, 0.2) is 22.7 Å². The first-order valence-corrected chi connectivity index (χ1v) is 9.26. The average molecular weight is 355 g/mol. The molecule has 0 spiro atoms. The molecule has 0 aliphatic heterocycles. The quantitative estimate of drug-likeness (QED) is 0.538. The first-order valence-electron chi connectivity index (χ1n) is 8.47. The zero-order valence-corrected chi connectivity index (χ0v) is 15.5. The van der Waals surface area contributed by atoms with Gasteiger partial charge in [0.2, 0.25) is 0 Å². The molecule has 0 saturated carbocycles.